The normalized spacial score (nSPS) is 12.4. The molecule has 11 heavy (non-hydrogen) atoms. The number of carbonyl (C=O) groups is 1. The van der Waals surface area contributed by atoms with E-state index in [1.807, 2.05) is 0 Å². The number of nitrogens with one attached hydrogen (secondary N) is 1. The van der Waals surface area contributed by atoms with E-state index in [1.54, 1.807) is 14.1 Å². The standard InChI is InChI=1S/C6H15N3O2/c1-9(2)6(11)8-3-5(7)4-10/h5,10H,3-4,7H2,1-2H3,(H,8,11)/t5-/m0/s1. The molecule has 0 rings (SSSR count). The summed E-state index contributed by atoms with van der Waals surface area (Å²) in [4.78, 5) is 12.2. The lowest BCUT2D eigenvalue weighted by molar-refractivity contribution is 0.212. The second kappa shape index (κ2) is 4.92. The summed E-state index contributed by atoms with van der Waals surface area (Å²) in [5.74, 6) is 0. The fourth-order valence-corrected chi connectivity index (χ4v) is 0.441. The number of aliphatic hydroxyl groups is 1. The Kier molecular flexibility index (Phi) is 4.56. The molecule has 0 aliphatic rings. The lowest BCUT2D eigenvalue weighted by Crippen LogP contribution is -2.43. The van der Waals surface area contributed by atoms with Crippen LogP contribution in [0.4, 0.5) is 4.79 Å². The van der Waals surface area contributed by atoms with Crippen LogP contribution in [-0.4, -0.2) is 49.3 Å². The lowest BCUT2D eigenvalue weighted by Gasteiger charge is -2.14. The highest BCUT2D eigenvalue weighted by atomic mass is 16.3. The number of aliphatic hydroxyl groups excluding tert-OH is 1. The maximum Gasteiger partial charge on any atom is 0.316 e. The molecule has 0 bridgehead atoms. The van der Waals surface area contributed by atoms with E-state index in [1.165, 1.54) is 4.90 Å². The average Bonchev–Trinajstić information content (AvgIpc) is 1.99. The van der Waals surface area contributed by atoms with Crippen LogP contribution in [0.15, 0.2) is 0 Å². The molecule has 0 radical (unpaired) electrons. The summed E-state index contributed by atoms with van der Waals surface area (Å²) >= 11 is 0. The first-order valence-corrected chi connectivity index (χ1v) is 3.39. The smallest absolute Gasteiger partial charge is 0.316 e. The number of urea groups is 1. The Bertz CT molecular complexity index is 127. The van der Waals surface area contributed by atoms with Gasteiger partial charge in [0, 0.05) is 26.7 Å². The molecule has 5 nitrogen and oxygen atoms in total. The monoisotopic (exact) mass is 161 g/mol. The molecule has 0 aliphatic heterocycles. The van der Waals surface area contributed by atoms with Gasteiger partial charge in [-0.15, -0.1) is 0 Å². The fraction of sp³-hybridized carbons (Fsp3) is 0.833. The highest BCUT2D eigenvalue weighted by Crippen LogP contribution is 1.77. The zero-order valence-electron chi connectivity index (χ0n) is 6.87. The van der Waals surface area contributed by atoms with Crippen LogP contribution in [0.1, 0.15) is 0 Å². The molecule has 0 fully saturated rings. The summed E-state index contributed by atoms with van der Waals surface area (Å²) in [6.45, 7) is 0.182. The van der Waals surface area contributed by atoms with Gasteiger partial charge in [0.05, 0.1) is 6.61 Å². The molecule has 0 unspecified atom stereocenters. The Morgan fingerprint density at radius 2 is 2.27 bits per heavy atom. The number of nitrogens with two attached hydrogens (primary N) is 1. The van der Waals surface area contributed by atoms with Crippen molar-refractivity contribution in [1.29, 1.82) is 0 Å². The minimum Gasteiger partial charge on any atom is -0.395 e. The summed E-state index contributed by atoms with van der Waals surface area (Å²) in [6, 6.07) is -0.576. The summed E-state index contributed by atoms with van der Waals surface area (Å²) in [5.41, 5.74) is 5.34. The highest BCUT2D eigenvalue weighted by molar-refractivity contribution is 5.73. The van der Waals surface area contributed by atoms with Crippen LogP contribution in [0.2, 0.25) is 0 Å². The van der Waals surface area contributed by atoms with Crippen molar-refractivity contribution in [3.63, 3.8) is 0 Å². The predicted molar refractivity (Wildman–Crippen MR) is 42.1 cm³/mol. The first-order chi connectivity index (χ1) is 5.07. The summed E-state index contributed by atoms with van der Waals surface area (Å²) in [6.07, 6.45) is 0. The molecular weight excluding hydrogens is 146 g/mol. The van der Waals surface area contributed by atoms with Crippen molar-refractivity contribution < 1.29 is 9.90 Å². The van der Waals surface area contributed by atoms with Crippen molar-refractivity contribution in [2.45, 2.75) is 6.04 Å². The lowest BCUT2D eigenvalue weighted by atomic mass is 10.3. The molecule has 2 amide bonds. The van der Waals surface area contributed by atoms with E-state index < -0.39 is 0 Å². The van der Waals surface area contributed by atoms with Gasteiger partial charge in [-0.25, -0.2) is 4.79 Å². The first kappa shape index (κ1) is 10.2. The molecule has 0 aliphatic carbocycles. The third-order valence-corrected chi connectivity index (χ3v) is 1.16. The number of amides is 2. The molecule has 0 aromatic rings. The maximum absolute atomic E-state index is 10.8. The van der Waals surface area contributed by atoms with Crippen molar-refractivity contribution in [2.75, 3.05) is 27.2 Å². The molecule has 0 aromatic carbocycles. The molecule has 0 heterocycles. The van der Waals surface area contributed by atoms with Crippen LogP contribution in [0.3, 0.4) is 0 Å². The Morgan fingerprint density at radius 3 is 2.64 bits per heavy atom. The van der Waals surface area contributed by atoms with E-state index in [4.69, 9.17) is 10.8 Å². The molecule has 66 valence electrons. The molecule has 5 heteroatoms. The third kappa shape index (κ3) is 4.58. The van der Waals surface area contributed by atoms with Crippen molar-refractivity contribution in [3.8, 4) is 0 Å². The second-order valence-corrected chi connectivity index (χ2v) is 2.52. The second-order valence-electron chi connectivity index (χ2n) is 2.52. The SMILES string of the molecule is CN(C)C(=O)NC[C@H](N)CO. The van der Waals surface area contributed by atoms with Gasteiger partial charge < -0.3 is 21.1 Å². The maximum atomic E-state index is 10.8. The number of carbonyl (C=O) groups excluding carboxylic acids is 1. The topological polar surface area (TPSA) is 78.6 Å². The van der Waals surface area contributed by atoms with E-state index in [2.05, 4.69) is 5.32 Å². The van der Waals surface area contributed by atoms with Crippen molar-refractivity contribution >= 4 is 6.03 Å². The number of nitrogens with zero attached hydrogens (tertiary/aromatic N) is 1. The van der Waals surface area contributed by atoms with Gasteiger partial charge in [0.15, 0.2) is 0 Å². The van der Waals surface area contributed by atoms with Crippen LogP contribution in [0, 0.1) is 0 Å². The quantitative estimate of drug-likeness (QED) is 0.475. The van der Waals surface area contributed by atoms with Gasteiger partial charge in [-0.3, -0.25) is 0 Å². The van der Waals surface area contributed by atoms with Crippen molar-refractivity contribution in [2.24, 2.45) is 5.73 Å². The number of rotatable bonds is 3. The fourth-order valence-electron chi connectivity index (χ4n) is 0.441. The van der Waals surface area contributed by atoms with Gasteiger partial charge >= 0.3 is 6.03 Å². The summed E-state index contributed by atoms with van der Waals surface area (Å²) in [5, 5.41) is 11.0. The Balaban J connectivity index is 3.46. The molecule has 1 atom stereocenters. The minimum absolute atomic E-state index is 0.117. The van der Waals surface area contributed by atoms with Crippen molar-refractivity contribution in [3.05, 3.63) is 0 Å². The van der Waals surface area contributed by atoms with E-state index in [0.717, 1.165) is 0 Å². The largest absolute Gasteiger partial charge is 0.395 e. The van der Waals surface area contributed by atoms with E-state index >= 15 is 0 Å². The first-order valence-electron chi connectivity index (χ1n) is 3.39. The Morgan fingerprint density at radius 1 is 1.73 bits per heavy atom. The predicted octanol–water partition coefficient (Wildman–Crippen LogP) is -1.42. The van der Waals surface area contributed by atoms with Gasteiger partial charge in [0.2, 0.25) is 0 Å². The van der Waals surface area contributed by atoms with Crippen LogP contribution in [0.25, 0.3) is 0 Å². The van der Waals surface area contributed by atoms with E-state index in [9.17, 15) is 4.79 Å². The molecule has 0 saturated heterocycles. The van der Waals surface area contributed by atoms with Crippen LogP contribution in [-0.2, 0) is 0 Å². The van der Waals surface area contributed by atoms with Crippen LogP contribution < -0.4 is 11.1 Å². The molecule has 0 aromatic heterocycles. The average molecular weight is 161 g/mol. The Labute approximate surface area is 66.2 Å². The molecule has 4 N–H and O–H groups in total. The summed E-state index contributed by atoms with van der Waals surface area (Å²) in [7, 11) is 3.28. The van der Waals surface area contributed by atoms with Gasteiger partial charge in [-0.2, -0.15) is 0 Å². The van der Waals surface area contributed by atoms with Gasteiger partial charge in [0.1, 0.15) is 0 Å². The molecular formula is C6H15N3O2. The third-order valence-electron chi connectivity index (χ3n) is 1.16. The highest BCUT2D eigenvalue weighted by Gasteiger charge is 2.04. The zero-order chi connectivity index (χ0) is 8.85. The van der Waals surface area contributed by atoms with Gasteiger partial charge in [-0.05, 0) is 0 Å². The Hall–Kier alpha value is -0.810. The van der Waals surface area contributed by atoms with Gasteiger partial charge in [-0.1, -0.05) is 0 Å². The summed E-state index contributed by atoms with van der Waals surface area (Å²) < 4.78 is 0. The van der Waals surface area contributed by atoms with Crippen LogP contribution >= 0.6 is 0 Å². The minimum atomic E-state index is -0.376. The van der Waals surface area contributed by atoms with E-state index in [-0.39, 0.29) is 18.7 Å². The molecule has 0 spiro atoms. The number of hydrogen-bond acceptors (Lipinski definition) is 3. The van der Waals surface area contributed by atoms with Crippen molar-refractivity contribution in [1.82, 2.24) is 10.2 Å². The molecule has 0 saturated carbocycles. The van der Waals surface area contributed by atoms with E-state index in [0.29, 0.717) is 6.54 Å². The number of hydrogen-bond donors (Lipinski definition) is 3. The zero-order valence-corrected chi connectivity index (χ0v) is 6.87. The van der Waals surface area contributed by atoms with Gasteiger partial charge in [0.25, 0.3) is 0 Å². The van der Waals surface area contributed by atoms with Crippen LogP contribution in [0.5, 0.6) is 0 Å².